The van der Waals surface area contributed by atoms with E-state index >= 15 is 0 Å². The molecule has 0 radical (unpaired) electrons. The summed E-state index contributed by atoms with van der Waals surface area (Å²) in [5, 5.41) is 2.71. The van der Waals surface area contributed by atoms with Gasteiger partial charge in [-0.3, -0.25) is 4.90 Å². The van der Waals surface area contributed by atoms with Gasteiger partial charge in [-0.2, -0.15) is 0 Å². The summed E-state index contributed by atoms with van der Waals surface area (Å²) in [5.74, 6) is 0. The number of nitrogens with zero attached hydrogens (tertiary/aromatic N) is 1. The molecule has 1 saturated heterocycles. The summed E-state index contributed by atoms with van der Waals surface area (Å²) in [7, 11) is 0. The van der Waals surface area contributed by atoms with Crippen molar-refractivity contribution in [2.24, 2.45) is 5.73 Å². The zero-order chi connectivity index (χ0) is 9.84. The number of nitrogens with two attached hydrogens (primary N) is 1. The Bertz CT molecular complexity index is 205. The highest BCUT2D eigenvalue weighted by Gasteiger charge is 2.24. The highest BCUT2D eigenvalue weighted by atomic mass is 16.2. The number of hydrogen-bond acceptors (Lipinski definition) is 2. The summed E-state index contributed by atoms with van der Waals surface area (Å²) in [4.78, 5) is 12.8. The molecule has 0 saturated carbocycles. The SMILES string of the molecule is C=CC(C)N1CCC(NC(N)=O)C1. The summed E-state index contributed by atoms with van der Waals surface area (Å²) in [5.41, 5.74) is 5.04. The number of nitrogens with one attached hydrogen (secondary N) is 1. The summed E-state index contributed by atoms with van der Waals surface area (Å²) < 4.78 is 0. The monoisotopic (exact) mass is 183 g/mol. The maximum Gasteiger partial charge on any atom is 0.312 e. The molecule has 2 amide bonds. The Morgan fingerprint density at radius 2 is 2.54 bits per heavy atom. The second kappa shape index (κ2) is 4.28. The van der Waals surface area contributed by atoms with Crippen molar-refractivity contribution in [1.82, 2.24) is 10.2 Å². The van der Waals surface area contributed by atoms with Crippen LogP contribution in [0.1, 0.15) is 13.3 Å². The Labute approximate surface area is 78.8 Å². The average Bonchev–Trinajstić information content (AvgIpc) is 2.50. The Hall–Kier alpha value is -1.03. The van der Waals surface area contributed by atoms with Crippen molar-refractivity contribution >= 4 is 6.03 Å². The molecule has 0 aromatic rings. The third-order valence-corrected chi connectivity index (χ3v) is 2.48. The fourth-order valence-corrected chi connectivity index (χ4v) is 1.63. The zero-order valence-corrected chi connectivity index (χ0v) is 7.99. The van der Waals surface area contributed by atoms with Crippen LogP contribution in [0.4, 0.5) is 4.79 Å². The van der Waals surface area contributed by atoms with Gasteiger partial charge >= 0.3 is 6.03 Å². The van der Waals surface area contributed by atoms with Crippen molar-refractivity contribution in [1.29, 1.82) is 0 Å². The highest BCUT2D eigenvalue weighted by Crippen LogP contribution is 2.12. The summed E-state index contributed by atoms with van der Waals surface area (Å²) in [6, 6.07) is 0.151. The average molecular weight is 183 g/mol. The molecular weight excluding hydrogens is 166 g/mol. The van der Waals surface area contributed by atoms with Gasteiger partial charge in [0.2, 0.25) is 0 Å². The fraction of sp³-hybridized carbons (Fsp3) is 0.667. The van der Waals surface area contributed by atoms with E-state index in [-0.39, 0.29) is 6.04 Å². The van der Waals surface area contributed by atoms with Gasteiger partial charge in [0.1, 0.15) is 0 Å². The third-order valence-electron chi connectivity index (χ3n) is 2.48. The molecule has 0 spiro atoms. The first-order valence-electron chi connectivity index (χ1n) is 4.56. The van der Waals surface area contributed by atoms with Crippen molar-refractivity contribution in [2.45, 2.75) is 25.4 Å². The van der Waals surface area contributed by atoms with Crippen LogP contribution in [0.2, 0.25) is 0 Å². The number of likely N-dealkylation sites (tertiary alicyclic amines) is 1. The highest BCUT2D eigenvalue weighted by molar-refractivity contribution is 5.72. The first-order chi connectivity index (χ1) is 6.13. The molecule has 1 aliphatic rings. The zero-order valence-electron chi connectivity index (χ0n) is 7.99. The number of urea groups is 1. The van der Waals surface area contributed by atoms with E-state index in [0.29, 0.717) is 6.04 Å². The predicted molar refractivity (Wildman–Crippen MR) is 52.4 cm³/mol. The van der Waals surface area contributed by atoms with Crippen molar-refractivity contribution in [3.05, 3.63) is 12.7 Å². The van der Waals surface area contributed by atoms with Gasteiger partial charge < -0.3 is 11.1 Å². The van der Waals surface area contributed by atoms with Crippen molar-refractivity contribution in [2.75, 3.05) is 13.1 Å². The van der Waals surface area contributed by atoms with Crippen molar-refractivity contribution in [3.63, 3.8) is 0 Å². The molecule has 74 valence electrons. The first-order valence-corrected chi connectivity index (χ1v) is 4.56. The van der Waals surface area contributed by atoms with Gasteiger partial charge in [0.25, 0.3) is 0 Å². The van der Waals surface area contributed by atoms with E-state index in [0.717, 1.165) is 19.5 Å². The van der Waals surface area contributed by atoms with Gasteiger partial charge in [-0.1, -0.05) is 6.08 Å². The molecule has 3 N–H and O–H groups in total. The molecular formula is C9H17N3O. The standard InChI is InChI=1S/C9H17N3O/c1-3-7(2)12-5-4-8(6-12)11-9(10)13/h3,7-8H,1,4-6H2,2H3,(H3,10,11,13). The van der Waals surface area contributed by atoms with E-state index in [1.807, 2.05) is 6.08 Å². The molecule has 0 aromatic carbocycles. The van der Waals surface area contributed by atoms with Crippen LogP contribution in [0.5, 0.6) is 0 Å². The van der Waals surface area contributed by atoms with Crippen LogP contribution in [-0.2, 0) is 0 Å². The molecule has 2 unspecified atom stereocenters. The number of hydrogen-bond donors (Lipinski definition) is 2. The molecule has 0 aliphatic carbocycles. The van der Waals surface area contributed by atoms with Crippen LogP contribution in [0.15, 0.2) is 12.7 Å². The van der Waals surface area contributed by atoms with Crippen LogP contribution in [0, 0.1) is 0 Å². The van der Waals surface area contributed by atoms with E-state index in [9.17, 15) is 4.79 Å². The Kier molecular flexibility index (Phi) is 3.31. The molecule has 1 rings (SSSR count). The minimum atomic E-state index is -0.432. The van der Waals surface area contributed by atoms with E-state index in [4.69, 9.17) is 5.73 Å². The maximum absolute atomic E-state index is 10.6. The third kappa shape index (κ3) is 2.73. The second-order valence-electron chi connectivity index (χ2n) is 3.47. The van der Waals surface area contributed by atoms with Gasteiger partial charge in [-0.15, -0.1) is 6.58 Å². The van der Waals surface area contributed by atoms with E-state index in [2.05, 4.69) is 23.7 Å². The summed E-state index contributed by atoms with van der Waals surface area (Å²) >= 11 is 0. The van der Waals surface area contributed by atoms with Crippen LogP contribution < -0.4 is 11.1 Å². The molecule has 0 bridgehead atoms. The van der Waals surface area contributed by atoms with Crippen LogP contribution in [0.3, 0.4) is 0 Å². The lowest BCUT2D eigenvalue weighted by atomic mass is 10.3. The van der Waals surface area contributed by atoms with Crippen molar-refractivity contribution < 1.29 is 4.79 Å². The van der Waals surface area contributed by atoms with Crippen molar-refractivity contribution in [3.8, 4) is 0 Å². The topological polar surface area (TPSA) is 58.4 Å². The summed E-state index contributed by atoms with van der Waals surface area (Å²) in [6.07, 6.45) is 2.88. The first kappa shape index (κ1) is 10.1. The minimum Gasteiger partial charge on any atom is -0.352 e. The predicted octanol–water partition coefficient (Wildman–Crippen LogP) is 0.304. The lowest BCUT2D eigenvalue weighted by Crippen LogP contribution is -2.41. The molecule has 0 aromatic heterocycles. The second-order valence-corrected chi connectivity index (χ2v) is 3.47. The number of rotatable bonds is 3. The maximum atomic E-state index is 10.6. The molecule has 13 heavy (non-hydrogen) atoms. The molecule has 1 aliphatic heterocycles. The lowest BCUT2D eigenvalue weighted by Gasteiger charge is -2.20. The van der Waals surface area contributed by atoms with Gasteiger partial charge in [-0.05, 0) is 13.3 Å². The number of primary amides is 1. The van der Waals surface area contributed by atoms with Gasteiger partial charge in [0.05, 0.1) is 0 Å². The molecule has 1 fully saturated rings. The molecule has 4 heteroatoms. The number of amides is 2. The van der Waals surface area contributed by atoms with Crippen LogP contribution in [-0.4, -0.2) is 36.1 Å². The normalized spacial score (nSPS) is 25.5. The largest absolute Gasteiger partial charge is 0.352 e. The fourth-order valence-electron chi connectivity index (χ4n) is 1.63. The minimum absolute atomic E-state index is 0.208. The van der Waals surface area contributed by atoms with E-state index < -0.39 is 6.03 Å². The van der Waals surface area contributed by atoms with Gasteiger partial charge in [0, 0.05) is 25.2 Å². The van der Waals surface area contributed by atoms with Gasteiger partial charge in [0.15, 0.2) is 0 Å². The molecule has 2 atom stereocenters. The van der Waals surface area contributed by atoms with Crippen LogP contribution in [0.25, 0.3) is 0 Å². The molecule has 4 nitrogen and oxygen atoms in total. The number of carbonyl (C=O) groups is 1. The van der Waals surface area contributed by atoms with Crippen LogP contribution >= 0.6 is 0 Å². The smallest absolute Gasteiger partial charge is 0.312 e. The number of carbonyl (C=O) groups excluding carboxylic acids is 1. The Morgan fingerprint density at radius 3 is 3.08 bits per heavy atom. The van der Waals surface area contributed by atoms with E-state index in [1.54, 1.807) is 0 Å². The lowest BCUT2D eigenvalue weighted by molar-refractivity contribution is 0.243. The Balaban J connectivity index is 2.35. The van der Waals surface area contributed by atoms with E-state index in [1.165, 1.54) is 0 Å². The van der Waals surface area contributed by atoms with Gasteiger partial charge in [-0.25, -0.2) is 4.79 Å². The Morgan fingerprint density at radius 1 is 1.85 bits per heavy atom. The quantitative estimate of drug-likeness (QED) is 0.618. The summed E-state index contributed by atoms with van der Waals surface area (Å²) in [6.45, 7) is 7.70. The molecule has 1 heterocycles.